The van der Waals surface area contributed by atoms with Gasteiger partial charge in [0.05, 0.1) is 6.42 Å². The number of rotatable bonds is 6. The van der Waals surface area contributed by atoms with E-state index in [4.69, 9.17) is 0 Å². The maximum atomic E-state index is 12.0. The Hall–Kier alpha value is -1.53. The van der Waals surface area contributed by atoms with Crippen molar-refractivity contribution >= 4 is 11.6 Å². The van der Waals surface area contributed by atoms with E-state index in [1.165, 1.54) is 0 Å². The second-order valence-electron chi connectivity index (χ2n) is 3.90. The Bertz CT molecular complexity index is 379. The third kappa shape index (κ3) is 5.70. The number of hydrogen-bond acceptors (Lipinski definition) is 4. The Kier molecular flexibility index (Phi) is 5.18. The molecule has 0 bridgehead atoms. The molecule has 0 aliphatic rings. The summed E-state index contributed by atoms with van der Waals surface area (Å²) in [7, 11) is 0. The molecule has 0 aliphatic carbocycles. The van der Waals surface area contributed by atoms with Gasteiger partial charge in [-0.1, -0.05) is 6.92 Å². The number of anilines is 2. The number of hydrogen-bond donors (Lipinski definition) is 2. The van der Waals surface area contributed by atoms with Gasteiger partial charge < -0.3 is 10.6 Å². The molecular weight excluding hydrogens is 245 g/mol. The first-order chi connectivity index (χ1) is 8.40. The van der Waals surface area contributed by atoms with Gasteiger partial charge in [-0.05, 0) is 13.3 Å². The van der Waals surface area contributed by atoms with Crippen LogP contribution in [0.15, 0.2) is 6.07 Å². The fourth-order valence-corrected chi connectivity index (χ4v) is 1.33. The van der Waals surface area contributed by atoms with Crippen molar-refractivity contribution in [1.29, 1.82) is 0 Å². The first kappa shape index (κ1) is 14.5. The van der Waals surface area contributed by atoms with Crippen molar-refractivity contribution in [3.63, 3.8) is 0 Å². The molecule has 0 amide bonds. The highest BCUT2D eigenvalue weighted by Crippen LogP contribution is 2.19. The van der Waals surface area contributed by atoms with Crippen molar-refractivity contribution in [2.45, 2.75) is 32.9 Å². The van der Waals surface area contributed by atoms with E-state index in [2.05, 4.69) is 20.6 Å². The fraction of sp³-hybridized carbons (Fsp3) is 0.636. The van der Waals surface area contributed by atoms with Gasteiger partial charge in [-0.15, -0.1) is 0 Å². The van der Waals surface area contributed by atoms with Crippen LogP contribution >= 0.6 is 0 Å². The summed E-state index contributed by atoms with van der Waals surface area (Å²) < 4.78 is 36.0. The Labute approximate surface area is 104 Å². The molecule has 1 aromatic heterocycles. The summed E-state index contributed by atoms with van der Waals surface area (Å²) in [5.41, 5.74) is 0. The second kappa shape index (κ2) is 6.42. The van der Waals surface area contributed by atoms with E-state index in [1.807, 2.05) is 6.92 Å². The predicted molar refractivity (Wildman–Crippen MR) is 64.7 cm³/mol. The molecular formula is C11H17F3N4. The topological polar surface area (TPSA) is 49.8 Å². The van der Waals surface area contributed by atoms with Gasteiger partial charge in [0.1, 0.15) is 17.5 Å². The van der Waals surface area contributed by atoms with Crippen molar-refractivity contribution in [2.24, 2.45) is 0 Å². The normalized spacial score (nSPS) is 11.4. The first-order valence-electron chi connectivity index (χ1n) is 5.81. The second-order valence-corrected chi connectivity index (χ2v) is 3.90. The molecule has 0 saturated carbocycles. The van der Waals surface area contributed by atoms with Crippen molar-refractivity contribution < 1.29 is 13.2 Å². The molecule has 1 rings (SSSR count). The summed E-state index contributed by atoms with van der Waals surface area (Å²) in [6, 6.07) is 1.61. The van der Waals surface area contributed by atoms with Crippen LogP contribution in [-0.2, 0) is 0 Å². The van der Waals surface area contributed by atoms with E-state index in [-0.39, 0.29) is 6.54 Å². The van der Waals surface area contributed by atoms with Crippen molar-refractivity contribution in [3.05, 3.63) is 11.9 Å². The molecule has 0 aromatic carbocycles. The highest BCUT2D eigenvalue weighted by molar-refractivity contribution is 5.47. The van der Waals surface area contributed by atoms with E-state index in [0.29, 0.717) is 17.5 Å². The molecule has 0 radical (unpaired) electrons. The van der Waals surface area contributed by atoms with E-state index in [9.17, 15) is 13.2 Å². The molecule has 0 saturated heterocycles. The number of nitrogens with one attached hydrogen (secondary N) is 2. The molecule has 0 fully saturated rings. The Morgan fingerprint density at radius 3 is 2.17 bits per heavy atom. The Balaban J connectivity index is 2.57. The zero-order valence-corrected chi connectivity index (χ0v) is 10.4. The van der Waals surface area contributed by atoms with Crippen LogP contribution in [0.5, 0.6) is 0 Å². The van der Waals surface area contributed by atoms with E-state index < -0.39 is 12.6 Å². The Morgan fingerprint density at radius 2 is 1.67 bits per heavy atom. The number of nitrogens with zero attached hydrogens (tertiary/aromatic N) is 2. The SMILES string of the molecule is CCCNc1cc(NCCC(F)(F)F)nc(C)n1. The van der Waals surface area contributed by atoms with Gasteiger partial charge in [-0.3, -0.25) is 0 Å². The lowest BCUT2D eigenvalue weighted by atomic mass is 10.4. The largest absolute Gasteiger partial charge is 0.390 e. The minimum atomic E-state index is -4.15. The van der Waals surface area contributed by atoms with Crippen LogP contribution in [0.25, 0.3) is 0 Å². The average Bonchev–Trinajstić information content (AvgIpc) is 2.24. The lowest BCUT2D eigenvalue weighted by molar-refractivity contribution is -0.131. The van der Waals surface area contributed by atoms with Gasteiger partial charge in [0.25, 0.3) is 0 Å². The number of aryl methyl sites for hydroxylation is 1. The minimum absolute atomic E-state index is 0.187. The molecule has 0 spiro atoms. The summed E-state index contributed by atoms with van der Waals surface area (Å²) in [4.78, 5) is 8.18. The number of halogens is 3. The summed E-state index contributed by atoms with van der Waals surface area (Å²) in [6.07, 6.45) is -4.09. The van der Waals surface area contributed by atoms with Gasteiger partial charge in [-0.25, -0.2) is 9.97 Å². The summed E-state index contributed by atoms with van der Waals surface area (Å²) in [6.45, 7) is 4.29. The third-order valence-electron chi connectivity index (χ3n) is 2.11. The smallest absolute Gasteiger partial charge is 0.370 e. The fourth-order valence-electron chi connectivity index (χ4n) is 1.33. The van der Waals surface area contributed by atoms with Crippen LogP contribution in [0.3, 0.4) is 0 Å². The molecule has 0 unspecified atom stereocenters. The molecule has 2 N–H and O–H groups in total. The molecule has 18 heavy (non-hydrogen) atoms. The van der Waals surface area contributed by atoms with Crippen LogP contribution in [0.2, 0.25) is 0 Å². The lowest BCUT2D eigenvalue weighted by Crippen LogP contribution is -2.15. The summed E-state index contributed by atoms with van der Waals surface area (Å²) in [5, 5.41) is 5.72. The van der Waals surface area contributed by atoms with Gasteiger partial charge in [0.2, 0.25) is 0 Å². The van der Waals surface area contributed by atoms with Crippen molar-refractivity contribution in [2.75, 3.05) is 23.7 Å². The summed E-state index contributed by atoms with van der Waals surface area (Å²) in [5.74, 6) is 1.55. The van der Waals surface area contributed by atoms with Crippen LogP contribution in [0.4, 0.5) is 24.8 Å². The average molecular weight is 262 g/mol. The molecule has 7 heteroatoms. The number of alkyl halides is 3. The zero-order valence-electron chi connectivity index (χ0n) is 10.4. The predicted octanol–water partition coefficient (Wildman–Crippen LogP) is 2.97. The highest BCUT2D eigenvalue weighted by Gasteiger charge is 2.26. The standard InChI is InChI=1S/C11H17F3N4/c1-3-5-15-9-7-10(18-8(2)17-9)16-6-4-11(12,13)14/h7H,3-6H2,1-2H3,(H2,15,16,17,18). The van der Waals surface area contributed by atoms with E-state index in [1.54, 1.807) is 13.0 Å². The van der Waals surface area contributed by atoms with Crippen molar-refractivity contribution in [1.82, 2.24) is 9.97 Å². The molecule has 1 heterocycles. The maximum Gasteiger partial charge on any atom is 0.390 e. The summed E-state index contributed by atoms with van der Waals surface area (Å²) >= 11 is 0. The van der Waals surface area contributed by atoms with Crippen LogP contribution in [-0.4, -0.2) is 29.2 Å². The van der Waals surface area contributed by atoms with Crippen LogP contribution in [0, 0.1) is 6.92 Å². The first-order valence-corrected chi connectivity index (χ1v) is 5.81. The number of aromatic nitrogens is 2. The maximum absolute atomic E-state index is 12.0. The monoisotopic (exact) mass is 262 g/mol. The molecule has 102 valence electrons. The quantitative estimate of drug-likeness (QED) is 0.827. The van der Waals surface area contributed by atoms with E-state index >= 15 is 0 Å². The lowest BCUT2D eigenvalue weighted by Gasteiger charge is -2.10. The van der Waals surface area contributed by atoms with Gasteiger partial charge in [-0.2, -0.15) is 13.2 Å². The van der Waals surface area contributed by atoms with Gasteiger partial charge in [0.15, 0.2) is 0 Å². The van der Waals surface area contributed by atoms with Gasteiger partial charge in [0, 0.05) is 19.2 Å². The Morgan fingerprint density at radius 1 is 1.11 bits per heavy atom. The highest BCUT2D eigenvalue weighted by atomic mass is 19.4. The molecule has 0 atom stereocenters. The van der Waals surface area contributed by atoms with Crippen LogP contribution < -0.4 is 10.6 Å². The minimum Gasteiger partial charge on any atom is -0.370 e. The molecule has 0 aliphatic heterocycles. The van der Waals surface area contributed by atoms with E-state index in [0.717, 1.165) is 13.0 Å². The van der Waals surface area contributed by atoms with Gasteiger partial charge >= 0.3 is 6.18 Å². The molecule has 4 nitrogen and oxygen atoms in total. The third-order valence-corrected chi connectivity index (χ3v) is 2.11. The van der Waals surface area contributed by atoms with Crippen molar-refractivity contribution in [3.8, 4) is 0 Å². The van der Waals surface area contributed by atoms with Crippen LogP contribution in [0.1, 0.15) is 25.6 Å². The molecule has 1 aromatic rings. The zero-order chi connectivity index (χ0) is 13.6.